The maximum absolute atomic E-state index is 14.1. The van der Waals surface area contributed by atoms with Crippen molar-refractivity contribution in [2.24, 2.45) is 0 Å². The number of rotatable bonds is 1. The fraction of sp³-hybridized carbons (Fsp3) is 0.500. The highest BCUT2D eigenvalue weighted by Crippen LogP contribution is 2.31. The Labute approximate surface area is 99.7 Å². The van der Waals surface area contributed by atoms with Crippen LogP contribution in [-0.4, -0.2) is 19.7 Å². The molecular formula is C12H15ClFNO. The highest BCUT2D eigenvalue weighted by Gasteiger charge is 2.23. The third-order valence-corrected chi connectivity index (χ3v) is 3.33. The first-order valence-corrected chi connectivity index (χ1v) is 5.76. The van der Waals surface area contributed by atoms with Crippen molar-refractivity contribution >= 4 is 11.6 Å². The van der Waals surface area contributed by atoms with E-state index in [0.29, 0.717) is 29.3 Å². The molecule has 1 aromatic carbocycles. The Hall–Kier alpha value is -0.640. The minimum atomic E-state index is -0.230. The van der Waals surface area contributed by atoms with Crippen LogP contribution in [0.2, 0.25) is 5.02 Å². The molecule has 0 aliphatic carbocycles. The fourth-order valence-corrected chi connectivity index (χ4v) is 2.27. The zero-order valence-electron chi connectivity index (χ0n) is 9.44. The van der Waals surface area contributed by atoms with Crippen LogP contribution < -0.4 is 5.32 Å². The molecule has 0 aromatic heterocycles. The molecule has 2 nitrogen and oxygen atoms in total. The molecule has 1 aliphatic rings. The second kappa shape index (κ2) is 4.70. The Kier molecular flexibility index (Phi) is 3.47. The van der Waals surface area contributed by atoms with Crippen molar-refractivity contribution in [2.75, 3.05) is 19.7 Å². The molecule has 1 unspecified atom stereocenters. The number of nitrogens with one attached hydrogen (secondary N) is 1. The maximum atomic E-state index is 14.1. The first-order chi connectivity index (χ1) is 7.61. The predicted molar refractivity (Wildman–Crippen MR) is 62.4 cm³/mol. The van der Waals surface area contributed by atoms with E-state index in [-0.39, 0.29) is 11.9 Å². The molecule has 16 heavy (non-hydrogen) atoms. The van der Waals surface area contributed by atoms with E-state index in [2.05, 4.69) is 5.32 Å². The standard InChI is InChI=1S/C12H15ClFNO/c1-7-5-9(13)8(2)11(12(7)14)10-6-15-3-4-16-10/h5,10,15H,3-4,6H2,1-2H3. The van der Waals surface area contributed by atoms with E-state index in [1.54, 1.807) is 13.0 Å². The van der Waals surface area contributed by atoms with Crippen LogP contribution in [0.4, 0.5) is 4.39 Å². The average Bonchev–Trinajstić information content (AvgIpc) is 2.28. The number of aryl methyl sites for hydroxylation is 1. The Bertz CT molecular complexity index is 376. The van der Waals surface area contributed by atoms with Crippen molar-refractivity contribution in [2.45, 2.75) is 20.0 Å². The first-order valence-electron chi connectivity index (χ1n) is 5.38. The molecule has 1 atom stereocenters. The van der Waals surface area contributed by atoms with Gasteiger partial charge in [-0.15, -0.1) is 0 Å². The van der Waals surface area contributed by atoms with E-state index in [9.17, 15) is 4.39 Å². The molecule has 0 spiro atoms. The van der Waals surface area contributed by atoms with Gasteiger partial charge in [-0.25, -0.2) is 4.39 Å². The van der Waals surface area contributed by atoms with Gasteiger partial charge in [0.2, 0.25) is 0 Å². The number of hydrogen-bond acceptors (Lipinski definition) is 2. The zero-order valence-corrected chi connectivity index (χ0v) is 10.2. The van der Waals surface area contributed by atoms with Crippen molar-refractivity contribution in [1.29, 1.82) is 0 Å². The van der Waals surface area contributed by atoms with Gasteiger partial charge in [-0.1, -0.05) is 11.6 Å². The van der Waals surface area contributed by atoms with Crippen LogP contribution in [0.25, 0.3) is 0 Å². The van der Waals surface area contributed by atoms with Crippen molar-refractivity contribution < 1.29 is 9.13 Å². The van der Waals surface area contributed by atoms with Crippen LogP contribution in [0.5, 0.6) is 0 Å². The van der Waals surface area contributed by atoms with E-state index >= 15 is 0 Å². The van der Waals surface area contributed by atoms with Crippen LogP contribution in [-0.2, 0) is 4.74 Å². The lowest BCUT2D eigenvalue weighted by Gasteiger charge is -2.26. The molecule has 1 N–H and O–H groups in total. The summed E-state index contributed by atoms with van der Waals surface area (Å²) in [5.41, 5.74) is 1.94. The molecule has 4 heteroatoms. The molecule has 1 saturated heterocycles. The Morgan fingerprint density at radius 3 is 2.88 bits per heavy atom. The van der Waals surface area contributed by atoms with Crippen LogP contribution in [0.1, 0.15) is 22.8 Å². The molecule has 0 bridgehead atoms. The van der Waals surface area contributed by atoms with Gasteiger partial charge >= 0.3 is 0 Å². The summed E-state index contributed by atoms with van der Waals surface area (Å²) in [5, 5.41) is 3.79. The maximum Gasteiger partial charge on any atom is 0.132 e. The molecule has 88 valence electrons. The van der Waals surface area contributed by atoms with Gasteiger partial charge in [0, 0.05) is 23.7 Å². The van der Waals surface area contributed by atoms with Crippen LogP contribution in [0.3, 0.4) is 0 Å². The molecule has 0 amide bonds. The van der Waals surface area contributed by atoms with Gasteiger partial charge in [-0.05, 0) is 31.0 Å². The van der Waals surface area contributed by atoms with Gasteiger partial charge in [-0.2, -0.15) is 0 Å². The van der Waals surface area contributed by atoms with Crippen LogP contribution in [0.15, 0.2) is 6.07 Å². The Morgan fingerprint density at radius 1 is 1.50 bits per heavy atom. The lowest BCUT2D eigenvalue weighted by atomic mass is 9.99. The third kappa shape index (κ3) is 2.08. The molecule has 1 aromatic rings. The van der Waals surface area contributed by atoms with E-state index in [1.165, 1.54) is 0 Å². The minimum absolute atomic E-state index is 0.199. The van der Waals surface area contributed by atoms with E-state index in [0.717, 1.165) is 12.1 Å². The smallest absolute Gasteiger partial charge is 0.132 e. The molecule has 2 rings (SSSR count). The van der Waals surface area contributed by atoms with Crippen LogP contribution in [0, 0.1) is 19.7 Å². The Balaban J connectivity index is 2.45. The summed E-state index contributed by atoms with van der Waals surface area (Å²) in [7, 11) is 0. The van der Waals surface area contributed by atoms with Crippen molar-refractivity contribution in [3.8, 4) is 0 Å². The third-order valence-electron chi connectivity index (χ3n) is 2.94. The summed E-state index contributed by atoms with van der Waals surface area (Å²) in [5.74, 6) is -0.199. The second-order valence-corrected chi connectivity index (χ2v) is 4.50. The monoisotopic (exact) mass is 243 g/mol. The minimum Gasteiger partial charge on any atom is -0.371 e. The number of ether oxygens (including phenoxy) is 1. The normalized spacial score (nSPS) is 21.1. The van der Waals surface area contributed by atoms with Crippen LogP contribution >= 0.6 is 11.6 Å². The lowest BCUT2D eigenvalue weighted by Crippen LogP contribution is -2.34. The molecule has 1 fully saturated rings. The predicted octanol–water partition coefficient (Wildman–Crippen LogP) is 2.76. The van der Waals surface area contributed by atoms with Crippen molar-refractivity contribution in [3.05, 3.63) is 33.6 Å². The summed E-state index contributed by atoms with van der Waals surface area (Å²) in [6.07, 6.45) is -0.230. The van der Waals surface area contributed by atoms with Crippen molar-refractivity contribution in [3.63, 3.8) is 0 Å². The number of hydrogen-bond donors (Lipinski definition) is 1. The fourth-order valence-electron chi connectivity index (χ4n) is 2.00. The largest absolute Gasteiger partial charge is 0.371 e. The number of benzene rings is 1. The molecule has 1 aliphatic heterocycles. The first kappa shape index (κ1) is 11.8. The topological polar surface area (TPSA) is 21.3 Å². The van der Waals surface area contributed by atoms with Gasteiger partial charge in [-0.3, -0.25) is 0 Å². The van der Waals surface area contributed by atoms with Crippen molar-refractivity contribution in [1.82, 2.24) is 5.32 Å². The Morgan fingerprint density at radius 2 is 2.25 bits per heavy atom. The zero-order chi connectivity index (χ0) is 11.7. The van der Waals surface area contributed by atoms with E-state index < -0.39 is 0 Å². The summed E-state index contributed by atoms with van der Waals surface area (Å²) >= 11 is 6.07. The van der Waals surface area contributed by atoms with E-state index in [1.807, 2.05) is 6.92 Å². The summed E-state index contributed by atoms with van der Waals surface area (Å²) in [6, 6.07) is 1.66. The van der Waals surface area contributed by atoms with Gasteiger partial charge in [0.1, 0.15) is 5.82 Å². The van der Waals surface area contributed by atoms with Gasteiger partial charge in [0.15, 0.2) is 0 Å². The highest BCUT2D eigenvalue weighted by atomic mass is 35.5. The molecular weight excluding hydrogens is 229 g/mol. The molecule has 0 radical (unpaired) electrons. The quantitative estimate of drug-likeness (QED) is 0.819. The lowest BCUT2D eigenvalue weighted by molar-refractivity contribution is 0.0250. The van der Waals surface area contributed by atoms with Gasteiger partial charge < -0.3 is 10.1 Å². The number of halogens is 2. The molecule has 1 heterocycles. The second-order valence-electron chi connectivity index (χ2n) is 4.09. The summed E-state index contributed by atoms with van der Waals surface area (Å²) < 4.78 is 19.6. The molecule has 0 saturated carbocycles. The summed E-state index contributed by atoms with van der Waals surface area (Å²) in [4.78, 5) is 0. The van der Waals surface area contributed by atoms with Gasteiger partial charge in [0.05, 0.1) is 12.7 Å². The highest BCUT2D eigenvalue weighted by molar-refractivity contribution is 6.31. The summed E-state index contributed by atoms with van der Waals surface area (Å²) in [6.45, 7) is 5.61. The number of morpholine rings is 1. The SMILES string of the molecule is Cc1cc(Cl)c(C)c(C2CNCCO2)c1F. The average molecular weight is 244 g/mol. The van der Waals surface area contributed by atoms with E-state index in [4.69, 9.17) is 16.3 Å². The van der Waals surface area contributed by atoms with Gasteiger partial charge in [0.25, 0.3) is 0 Å².